The topological polar surface area (TPSA) is 55.6 Å². The van der Waals surface area contributed by atoms with Crippen molar-refractivity contribution < 1.29 is 0 Å². The number of aryl methyl sites for hydroxylation is 2. The lowest BCUT2D eigenvalue weighted by Crippen LogP contribution is -2.00. The summed E-state index contributed by atoms with van der Waals surface area (Å²) in [5, 5.41) is 7.16. The first kappa shape index (κ1) is 11.9. The lowest BCUT2D eigenvalue weighted by Gasteiger charge is -2.04. The normalized spacial score (nSPS) is 10.5. The summed E-state index contributed by atoms with van der Waals surface area (Å²) in [4.78, 5) is 9.94. The van der Waals surface area contributed by atoms with Crippen molar-refractivity contribution in [1.82, 2.24) is 19.7 Å². The summed E-state index contributed by atoms with van der Waals surface area (Å²) in [6.45, 7) is 1.97. The quantitative estimate of drug-likeness (QED) is 0.838. The molecule has 0 saturated carbocycles. The first-order chi connectivity index (χ1) is 8.17. The maximum Gasteiger partial charge on any atom is 0.141 e. The van der Waals surface area contributed by atoms with Crippen LogP contribution in [-0.4, -0.2) is 26.8 Å². The highest BCUT2D eigenvalue weighted by Gasteiger charge is 2.03. The van der Waals surface area contributed by atoms with E-state index in [-0.39, 0.29) is 0 Å². The molecule has 1 N–H and O–H groups in total. The molecule has 0 bridgehead atoms. The zero-order valence-electron chi connectivity index (χ0n) is 10.1. The fourth-order valence-electron chi connectivity index (χ4n) is 1.44. The van der Waals surface area contributed by atoms with Crippen LogP contribution in [0.1, 0.15) is 11.5 Å². The maximum atomic E-state index is 4.40. The number of thioether (sulfide) groups is 1. The van der Waals surface area contributed by atoms with Gasteiger partial charge in [0.1, 0.15) is 11.6 Å². The monoisotopic (exact) mass is 249 g/mol. The minimum absolute atomic E-state index is 0.752. The van der Waals surface area contributed by atoms with Gasteiger partial charge in [0, 0.05) is 36.9 Å². The van der Waals surface area contributed by atoms with Crippen LogP contribution in [0.4, 0.5) is 5.82 Å². The van der Waals surface area contributed by atoms with E-state index in [1.807, 2.05) is 39.5 Å². The molecule has 90 valence electrons. The zero-order chi connectivity index (χ0) is 12.3. The minimum Gasteiger partial charge on any atom is -0.373 e. The molecule has 0 spiro atoms. The first-order valence-electron chi connectivity index (χ1n) is 5.31. The molecule has 6 heteroatoms. The van der Waals surface area contributed by atoms with Crippen molar-refractivity contribution in [3.05, 3.63) is 30.0 Å². The Bertz CT molecular complexity index is 508. The standard InChI is InChI=1S/C11H15N5S/c1-8-4-10(12-2)15-11(14-8)7-17-9-5-13-16(3)6-9/h4-6H,7H2,1-3H3,(H,12,14,15). The molecule has 2 aromatic heterocycles. The minimum atomic E-state index is 0.752. The lowest BCUT2D eigenvalue weighted by atomic mass is 10.4. The van der Waals surface area contributed by atoms with Gasteiger partial charge in [-0.3, -0.25) is 4.68 Å². The van der Waals surface area contributed by atoms with Gasteiger partial charge in [0.2, 0.25) is 0 Å². The smallest absolute Gasteiger partial charge is 0.141 e. The van der Waals surface area contributed by atoms with Crippen LogP contribution in [0, 0.1) is 6.92 Å². The highest BCUT2D eigenvalue weighted by molar-refractivity contribution is 7.98. The summed E-state index contributed by atoms with van der Waals surface area (Å²) in [6.07, 6.45) is 3.83. The van der Waals surface area contributed by atoms with Crippen LogP contribution >= 0.6 is 11.8 Å². The van der Waals surface area contributed by atoms with Gasteiger partial charge in [-0.2, -0.15) is 5.10 Å². The van der Waals surface area contributed by atoms with Gasteiger partial charge in [-0.05, 0) is 6.92 Å². The van der Waals surface area contributed by atoms with Crippen LogP contribution in [0.15, 0.2) is 23.4 Å². The van der Waals surface area contributed by atoms with E-state index in [4.69, 9.17) is 0 Å². The largest absolute Gasteiger partial charge is 0.373 e. The molecule has 2 rings (SSSR count). The van der Waals surface area contributed by atoms with E-state index >= 15 is 0 Å². The maximum absolute atomic E-state index is 4.40. The molecular weight excluding hydrogens is 234 g/mol. The van der Waals surface area contributed by atoms with Crippen molar-refractivity contribution in [1.29, 1.82) is 0 Å². The van der Waals surface area contributed by atoms with Crippen molar-refractivity contribution in [3.8, 4) is 0 Å². The summed E-state index contributed by atoms with van der Waals surface area (Å²) in [5.41, 5.74) is 0.978. The van der Waals surface area contributed by atoms with Crippen molar-refractivity contribution in [2.45, 2.75) is 17.6 Å². The first-order valence-corrected chi connectivity index (χ1v) is 6.29. The van der Waals surface area contributed by atoms with Crippen molar-refractivity contribution in [3.63, 3.8) is 0 Å². The Labute approximate surface area is 105 Å². The Hall–Kier alpha value is -1.56. The average Bonchev–Trinajstić information content (AvgIpc) is 2.72. The molecule has 0 saturated heterocycles. The Kier molecular flexibility index (Phi) is 3.63. The highest BCUT2D eigenvalue weighted by atomic mass is 32.2. The SMILES string of the molecule is CNc1cc(C)nc(CSc2cnn(C)c2)n1. The number of rotatable bonds is 4. The molecule has 0 radical (unpaired) electrons. The van der Waals surface area contributed by atoms with Gasteiger partial charge in [-0.1, -0.05) is 0 Å². The number of anilines is 1. The summed E-state index contributed by atoms with van der Waals surface area (Å²) in [7, 11) is 3.77. The molecule has 0 aliphatic rings. The van der Waals surface area contributed by atoms with E-state index in [9.17, 15) is 0 Å². The van der Waals surface area contributed by atoms with Gasteiger partial charge in [0.25, 0.3) is 0 Å². The third kappa shape index (κ3) is 3.20. The summed E-state index contributed by atoms with van der Waals surface area (Å²) < 4.78 is 1.79. The van der Waals surface area contributed by atoms with Crippen LogP contribution in [0.2, 0.25) is 0 Å². The average molecular weight is 249 g/mol. The Morgan fingerprint density at radius 1 is 1.41 bits per heavy atom. The molecule has 2 aromatic rings. The Morgan fingerprint density at radius 2 is 2.24 bits per heavy atom. The fraction of sp³-hybridized carbons (Fsp3) is 0.364. The fourth-order valence-corrected chi connectivity index (χ4v) is 2.22. The third-order valence-electron chi connectivity index (χ3n) is 2.21. The second-order valence-electron chi connectivity index (χ2n) is 3.70. The zero-order valence-corrected chi connectivity index (χ0v) is 11.0. The predicted octanol–water partition coefficient (Wildman–Crippen LogP) is 1.85. The molecule has 0 aliphatic heterocycles. The number of hydrogen-bond donors (Lipinski definition) is 1. The van der Waals surface area contributed by atoms with Crippen LogP contribution < -0.4 is 5.32 Å². The second-order valence-corrected chi connectivity index (χ2v) is 4.75. The van der Waals surface area contributed by atoms with Gasteiger partial charge in [0.15, 0.2) is 0 Å². The van der Waals surface area contributed by atoms with E-state index < -0.39 is 0 Å². The van der Waals surface area contributed by atoms with E-state index in [1.165, 1.54) is 0 Å². The molecule has 0 aliphatic carbocycles. The Morgan fingerprint density at radius 3 is 2.88 bits per heavy atom. The molecule has 0 aromatic carbocycles. The second kappa shape index (κ2) is 5.18. The van der Waals surface area contributed by atoms with E-state index in [2.05, 4.69) is 20.4 Å². The summed E-state index contributed by atoms with van der Waals surface area (Å²) in [6, 6.07) is 1.93. The van der Waals surface area contributed by atoms with Crippen molar-refractivity contribution >= 4 is 17.6 Å². The summed E-state index contributed by atoms with van der Waals surface area (Å²) >= 11 is 1.69. The van der Waals surface area contributed by atoms with Crippen molar-refractivity contribution in [2.75, 3.05) is 12.4 Å². The third-order valence-corrected chi connectivity index (χ3v) is 3.15. The van der Waals surface area contributed by atoms with Gasteiger partial charge >= 0.3 is 0 Å². The van der Waals surface area contributed by atoms with Gasteiger partial charge < -0.3 is 5.32 Å². The molecule has 5 nitrogen and oxygen atoms in total. The van der Waals surface area contributed by atoms with E-state index in [0.717, 1.165) is 28.0 Å². The Balaban J connectivity index is 2.05. The van der Waals surface area contributed by atoms with Crippen LogP contribution in [0.3, 0.4) is 0 Å². The van der Waals surface area contributed by atoms with E-state index in [0.29, 0.717) is 0 Å². The lowest BCUT2D eigenvalue weighted by molar-refractivity contribution is 0.766. The number of aromatic nitrogens is 4. The molecule has 0 atom stereocenters. The molecular formula is C11H15N5S. The highest BCUT2D eigenvalue weighted by Crippen LogP contribution is 2.20. The molecule has 0 unspecified atom stereocenters. The van der Waals surface area contributed by atoms with Gasteiger partial charge in [-0.25, -0.2) is 9.97 Å². The molecule has 0 fully saturated rings. The van der Waals surface area contributed by atoms with Crippen molar-refractivity contribution in [2.24, 2.45) is 7.05 Å². The van der Waals surface area contributed by atoms with Crippen LogP contribution in [-0.2, 0) is 12.8 Å². The van der Waals surface area contributed by atoms with Gasteiger partial charge in [-0.15, -0.1) is 11.8 Å². The molecule has 2 heterocycles. The van der Waals surface area contributed by atoms with Crippen LogP contribution in [0.5, 0.6) is 0 Å². The molecule has 0 amide bonds. The predicted molar refractivity (Wildman–Crippen MR) is 69.1 cm³/mol. The number of nitrogens with one attached hydrogen (secondary N) is 1. The van der Waals surface area contributed by atoms with Gasteiger partial charge in [0.05, 0.1) is 11.9 Å². The number of nitrogens with zero attached hydrogens (tertiary/aromatic N) is 4. The summed E-state index contributed by atoms with van der Waals surface area (Å²) in [5.74, 6) is 2.45. The molecule has 17 heavy (non-hydrogen) atoms. The number of hydrogen-bond acceptors (Lipinski definition) is 5. The van der Waals surface area contributed by atoms with E-state index in [1.54, 1.807) is 16.4 Å². The van der Waals surface area contributed by atoms with Crippen LogP contribution in [0.25, 0.3) is 0 Å².